The molecule has 0 aromatic heterocycles. The summed E-state index contributed by atoms with van der Waals surface area (Å²) in [5.74, 6) is 2.56. The van der Waals surface area contributed by atoms with Gasteiger partial charge in [0.05, 0.1) is 0 Å². The number of alkyl halides is 5. The molecule has 9 aromatic carbocycles. The highest BCUT2D eigenvalue weighted by Gasteiger charge is 2.76. The van der Waals surface area contributed by atoms with Crippen molar-refractivity contribution in [3.8, 4) is 23.0 Å². The molecule has 9 aromatic rings. The molecule has 8 nitrogen and oxygen atoms in total. The third-order valence-corrected chi connectivity index (χ3v) is 18.7. The van der Waals surface area contributed by atoms with Gasteiger partial charge in [0, 0.05) is 10.7 Å². The van der Waals surface area contributed by atoms with E-state index in [1.54, 1.807) is 0 Å². The van der Waals surface area contributed by atoms with Gasteiger partial charge in [-0.2, -0.15) is 0 Å². The smallest absolute Gasteiger partial charge is 0.223 e. The average molecular weight is 1190 g/mol. The molecule has 14 heteroatoms. The SMILES string of the molecule is Clc1ccc(N2C(Cl)(Cl)C2(c2ccccc2)c2ccc(OCC(COc3ccc(C4(c5ccccc5)NC4Cl)cc3)(COc3ccc(C4(c5ccccc5)NC4Cl)cc3)COc3ccc(C4(c5ccccc5)NC4Cl)cc3)cc2)cc1. The van der Waals surface area contributed by atoms with Gasteiger partial charge in [0.1, 0.15) is 93.5 Å². The predicted octanol–water partition coefficient (Wildman–Crippen LogP) is 15.1. The van der Waals surface area contributed by atoms with Crippen molar-refractivity contribution >= 4 is 75.3 Å². The zero-order valence-corrected chi connectivity index (χ0v) is 48.0. The Labute approximate surface area is 501 Å². The topological polar surface area (TPSA) is 106 Å². The lowest BCUT2D eigenvalue weighted by Gasteiger charge is -2.33. The van der Waals surface area contributed by atoms with Gasteiger partial charge >= 0.3 is 0 Å². The van der Waals surface area contributed by atoms with Crippen LogP contribution in [0.2, 0.25) is 5.02 Å². The van der Waals surface area contributed by atoms with E-state index < -0.39 is 32.0 Å². The first-order valence-electron chi connectivity index (χ1n) is 26.8. The molecule has 0 saturated carbocycles. The van der Waals surface area contributed by atoms with Crippen LogP contribution in [0.1, 0.15) is 44.5 Å². The van der Waals surface area contributed by atoms with Gasteiger partial charge in [-0.05, 0) is 117 Å². The minimum absolute atomic E-state index is 0.120. The number of hydrogen-bond acceptors (Lipinski definition) is 8. The first-order valence-corrected chi connectivity index (χ1v) is 29.2. The number of anilines is 1. The molecular formula is C67H54Cl6N4O4. The van der Waals surface area contributed by atoms with Crippen LogP contribution in [0.4, 0.5) is 5.69 Å². The van der Waals surface area contributed by atoms with Gasteiger partial charge in [0.25, 0.3) is 0 Å². The molecular weight excluding hydrogens is 1140 g/mol. The lowest BCUT2D eigenvalue weighted by molar-refractivity contribution is -0.00353. The monoisotopic (exact) mass is 1190 g/mol. The van der Waals surface area contributed by atoms with Gasteiger partial charge in [-0.25, -0.2) is 0 Å². The molecule has 7 unspecified atom stereocenters. The first kappa shape index (κ1) is 53.9. The molecule has 13 rings (SSSR count). The Morgan fingerprint density at radius 1 is 0.346 bits per heavy atom. The maximum Gasteiger partial charge on any atom is 0.223 e. The Kier molecular flexibility index (Phi) is 14.2. The first-order chi connectivity index (χ1) is 39.4. The lowest BCUT2D eigenvalue weighted by atomic mass is 9.90. The molecule has 7 atom stereocenters. The van der Waals surface area contributed by atoms with Gasteiger partial charge in [-0.15, -0.1) is 34.8 Å². The second-order valence-corrected chi connectivity index (χ2v) is 24.3. The third-order valence-electron chi connectivity index (χ3n) is 16.3. The van der Waals surface area contributed by atoms with Crippen LogP contribution in [0.25, 0.3) is 0 Å². The fourth-order valence-corrected chi connectivity index (χ4v) is 14.0. The van der Waals surface area contributed by atoms with Crippen molar-refractivity contribution in [3.63, 3.8) is 0 Å². The van der Waals surface area contributed by atoms with Gasteiger partial charge in [0.2, 0.25) is 4.46 Å². The highest BCUT2D eigenvalue weighted by molar-refractivity contribution is 6.55. The molecule has 0 bridgehead atoms. The highest BCUT2D eigenvalue weighted by atomic mass is 35.5. The molecule has 4 heterocycles. The average Bonchev–Trinajstić information content (AvgIpc) is 4.58. The molecule has 408 valence electrons. The van der Waals surface area contributed by atoms with Gasteiger partial charge in [-0.3, -0.25) is 16.0 Å². The second-order valence-electron chi connectivity index (χ2n) is 21.2. The molecule has 4 aliphatic heterocycles. The quantitative estimate of drug-likeness (QED) is 0.0371. The number of hydrogen-bond donors (Lipinski definition) is 3. The van der Waals surface area contributed by atoms with E-state index in [0.717, 1.165) is 50.2 Å². The minimum Gasteiger partial charge on any atom is -0.493 e. The summed E-state index contributed by atoms with van der Waals surface area (Å²) in [5.41, 5.74) is 4.83. The predicted molar refractivity (Wildman–Crippen MR) is 326 cm³/mol. The summed E-state index contributed by atoms with van der Waals surface area (Å²) < 4.78 is 26.1. The summed E-state index contributed by atoms with van der Waals surface area (Å²) in [6.45, 7) is 0.534. The van der Waals surface area contributed by atoms with Gasteiger partial charge in [-0.1, -0.05) is 205 Å². The molecule has 0 spiro atoms. The number of benzene rings is 9. The van der Waals surface area contributed by atoms with Crippen LogP contribution in [0.3, 0.4) is 0 Å². The van der Waals surface area contributed by atoms with Crippen LogP contribution < -0.4 is 39.8 Å². The van der Waals surface area contributed by atoms with E-state index >= 15 is 0 Å². The van der Waals surface area contributed by atoms with Crippen molar-refractivity contribution in [2.24, 2.45) is 5.41 Å². The molecule has 4 saturated heterocycles. The Hall–Kier alpha value is -6.40. The van der Waals surface area contributed by atoms with E-state index in [4.69, 9.17) is 88.6 Å². The minimum atomic E-state index is -1.32. The molecule has 81 heavy (non-hydrogen) atoms. The summed E-state index contributed by atoms with van der Waals surface area (Å²) in [7, 11) is 0. The standard InChI is InChI=1S/C67H54Cl6N4O4/c68-53-29-31-54(32-30-53)77-66(67(77,72)73,51-19-11-4-12-20-51)52-27-39-58(40-28-52)81-44-62(41-78-55-33-21-48(22-34-55)63(59(69)74-63)45-13-5-1-6-14-45,42-79-56-35-23-49(24-36-56)64(60(70)75-64)46-15-7-2-8-16-46)43-80-57-37-25-50(26-38-57)65(61(71)76-65)47-17-9-3-10-18-47/h1-40,59-61,74-76H,41-44H2. The zero-order valence-electron chi connectivity index (χ0n) is 43.5. The van der Waals surface area contributed by atoms with Crippen LogP contribution >= 0.6 is 69.6 Å². The normalized spacial score (nSPS) is 25.5. The number of nitrogens with zero attached hydrogens (tertiary/aromatic N) is 1. The van der Waals surface area contributed by atoms with Crippen molar-refractivity contribution in [3.05, 3.63) is 292 Å². The lowest BCUT2D eigenvalue weighted by Crippen LogP contribution is -2.45. The Morgan fingerprint density at radius 2 is 0.593 bits per heavy atom. The second kappa shape index (κ2) is 21.4. The van der Waals surface area contributed by atoms with Crippen molar-refractivity contribution in [2.45, 2.75) is 43.1 Å². The van der Waals surface area contributed by atoms with Crippen molar-refractivity contribution < 1.29 is 18.9 Å². The number of rotatable bonds is 21. The van der Waals surface area contributed by atoms with E-state index in [0.29, 0.717) is 28.0 Å². The Bertz CT molecular complexity index is 3380. The van der Waals surface area contributed by atoms with Crippen LogP contribution in [0.15, 0.2) is 243 Å². The summed E-state index contributed by atoms with van der Waals surface area (Å²) in [6.07, 6.45) is 0. The maximum atomic E-state index is 7.35. The van der Waals surface area contributed by atoms with E-state index in [-0.39, 0.29) is 42.9 Å². The van der Waals surface area contributed by atoms with Crippen LogP contribution in [0.5, 0.6) is 23.0 Å². The Morgan fingerprint density at radius 3 is 0.877 bits per heavy atom. The summed E-state index contributed by atoms with van der Waals surface area (Å²) in [4.78, 5) is 2.00. The number of ether oxygens (including phenoxy) is 4. The van der Waals surface area contributed by atoms with Gasteiger partial charge < -0.3 is 23.8 Å². The van der Waals surface area contributed by atoms with Crippen molar-refractivity contribution in [2.75, 3.05) is 31.3 Å². The Balaban J connectivity index is 0.825. The van der Waals surface area contributed by atoms with Crippen molar-refractivity contribution in [1.29, 1.82) is 0 Å². The van der Waals surface area contributed by atoms with Crippen LogP contribution in [-0.4, -0.2) is 47.4 Å². The van der Waals surface area contributed by atoms with Crippen LogP contribution in [0, 0.1) is 5.41 Å². The van der Waals surface area contributed by atoms with E-state index in [9.17, 15) is 0 Å². The summed E-state index contributed by atoms with van der Waals surface area (Å²) >= 11 is 41.5. The fourth-order valence-electron chi connectivity index (χ4n) is 11.6. The molecule has 0 amide bonds. The molecule has 4 fully saturated rings. The van der Waals surface area contributed by atoms with Crippen LogP contribution in [-0.2, 0) is 22.2 Å². The highest BCUT2D eigenvalue weighted by Crippen LogP contribution is 2.69. The van der Waals surface area contributed by atoms with Gasteiger partial charge in [0.15, 0.2) is 0 Å². The molecule has 0 radical (unpaired) electrons. The summed E-state index contributed by atoms with van der Waals surface area (Å²) in [5, 5.41) is 11.0. The van der Waals surface area contributed by atoms with E-state index in [2.05, 4.69) is 88.7 Å². The largest absolute Gasteiger partial charge is 0.493 e. The maximum absolute atomic E-state index is 7.35. The zero-order chi connectivity index (χ0) is 55.5. The molecule has 0 aliphatic carbocycles. The molecule has 3 N–H and O–H groups in total. The summed E-state index contributed by atoms with van der Waals surface area (Å²) in [6, 6.07) is 80.4. The third kappa shape index (κ3) is 9.66. The number of halogens is 6. The van der Waals surface area contributed by atoms with E-state index in [1.165, 1.54) is 0 Å². The fraction of sp³-hybridized carbons (Fsp3) is 0.194. The van der Waals surface area contributed by atoms with E-state index in [1.807, 2.05) is 175 Å². The van der Waals surface area contributed by atoms with Crippen molar-refractivity contribution in [1.82, 2.24) is 16.0 Å². The number of nitrogens with one attached hydrogen (secondary N) is 3. The molecule has 4 aliphatic rings.